The summed E-state index contributed by atoms with van der Waals surface area (Å²) in [5.74, 6) is 0. The predicted molar refractivity (Wildman–Crippen MR) is 82.5 cm³/mol. The summed E-state index contributed by atoms with van der Waals surface area (Å²) in [6, 6.07) is 19.4. The van der Waals surface area contributed by atoms with Gasteiger partial charge in [0, 0.05) is 24.8 Å². The lowest BCUT2D eigenvalue weighted by Gasteiger charge is -2.15. The van der Waals surface area contributed by atoms with Crippen LogP contribution in [0.3, 0.4) is 0 Å². The van der Waals surface area contributed by atoms with E-state index in [9.17, 15) is 0 Å². The fourth-order valence-corrected chi connectivity index (χ4v) is 2.11. The Morgan fingerprint density at radius 3 is 2.47 bits per heavy atom. The van der Waals surface area contributed by atoms with Gasteiger partial charge in [-0.05, 0) is 37.1 Å². The molecule has 0 aliphatic heterocycles. The molecule has 0 saturated heterocycles. The fourth-order valence-electron chi connectivity index (χ4n) is 2.11. The van der Waals surface area contributed by atoms with E-state index in [-0.39, 0.29) is 0 Å². The summed E-state index contributed by atoms with van der Waals surface area (Å²) in [5.41, 5.74) is 3.81. The molecule has 0 heterocycles. The van der Waals surface area contributed by atoms with Gasteiger partial charge in [0.05, 0.1) is 0 Å². The minimum absolute atomic E-state index is 0.389. The highest BCUT2D eigenvalue weighted by atomic mass is 15.0. The first-order valence-corrected chi connectivity index (χ1v) is 6.84. The Labute approximate surface area is 115 Å². The molecular weight excluding hydrogens is 232 g/mol. The summed E-state index contributed by atoms with van der Waals surface area (Å²) in [4.78, 5) is 0. The molecule has 19 heavy (non-hydrogen) atoms. The Morgan fingerprint density at radius 1 is 0.947 bits per heavy atom. The molecule has 0 bridgehead atoms. The second-order valence-corrected chi connectivity index (χ2v) is 4.88. The van der Waals surface area contributed by atoms with Crippen molar-refractivity contribution in [3.63, 3.8) is 0 Å². The average Bonchev–Trinajstić information content (AvgIpc) is 2.44. The standard InChI is InChI=1S/C17H22N2/c1-14-7-6-10-17(13-14)19-12-11-18-15(2)16-8-4-3-5-9-16/h3-10,13,15,18-19H,11-12H2,1-2H3. The van der Waals surface area contributed by atoms with Crippen LogP contribution in [-0.2, 0) is 0 Å². The molecule has 0 spiro atoms. The van der Waals surface area contributed by atoms with Crippen LogP contribution < -0.4 is 10.6 Å². The lowest BCUT2D eigenvalue weighted by Crippen LogP contribution is -2.25. The van der Waals surface area contributed by atoms with Gasteiger partial charge in [-0.3, -0.25) is 0 Å². The number of benzene rings is 2. The van der Waals surface area contributed by atoms with E-state index in [2.05, 4.69) is 79.1 Å². The molecule has 2 aromatic rings. The van der Waals surface area contributed by atoms with E-state index in [1.165, 1.54) is 16.8 Å². The van der Waals surface area contributed by atoms with E-state index in [1.807, 2.05) is 0 Å². The number of rotatable bonds is 6. The molecule has 1 unspecified atom stereocenters. The lowest BCUT2D eigenvalue weighted by atomic mass is 10.1. The second-order valence-electron chi connectivity index (χ2n) is 4.88. The van der Waals surface area contributed by atoms with Crippen molar-refractivity contribution < 1.29 is 0 Å². The number of aryl methyl sites for hydroxylation is 1. The first-order chi connectivity index (χ1) is 9.25. The first-order valence-electron chi connectivity index (χ1n) is 6.84. The van der Waals surface area contributed by atoms with E-state index in [0.29, 0.717) is 6.04 Å². The van der Waals surface area contributed by atoms with Gasteiger partial charge in [0.2, 0.25) is 0 Å². The summed E-state index contributed by atoms with van der Waals surface area (Å²) in [6.07, 6.45) is 0. The Bertz CT molecular complexity index is 494. The summed E-state index contributed by atoms with van der Waals surface area (Å²) in [7, 11) is 0. The van der Waals surface area contributed by atoms with Crippen molar-refractivity contribution in [1.82, 2.24) is 5.32 Å². The maximum atomic E-state index is 3.52. The van der Waals surface area contributed by atoms with Crippen molar-refractivity contribution in [2.45, 2.75) is 19.9 Å². The summed E-state index contributed by atoms with van der Waals surface area (Å²) in [6.45, 7) is 6.19. The highest BCUT2D eigenvalue weighted by Gasteiger charge is 2.02. The molecule has 0 aliphatic carbocycles. The van der Waals surface area contributed by atoms with E-state index < -0.39 is 0 Å². The molecule has 2 nitrogen and oxygen atoms in total. The van der Waals surface area contributed by atoms with E-state index in [4.69, 9.17) is 0 Å². The number of hydrogen-bond donors (Lipinski definition) is 2. The Morgan fingerprint density at radius 2 is 1.74 bits per heavy atom. The van der Waals surface area contributed by atoms with Crippen LogP contribution in [0, 0.1) is 6.92 Å². The van der Waals surface area contributed by atoms with Gasteiger partial charge in [-0.2, -0.15) is 0 Å². The minimum Gasteiger partial charge on any atom is -0.384 e. The average molecular weight is 254 g/mol. The number of anilines is 1. The zero-order valence-electron chi connectivity index (χ0n) is 11.7. The highest BCUT2D eigenvalue weighted by Crippen LogP contribution is 2.11. The van der Waals surface area contributed by atoms with Crippen molar-refractivity contribution in [2.24, 2.45) is 0 Å². The third kappa shape index (κ3) is 4.42. The molecule has 1 atom stereocenters. The van der Waals surface area contributed by atoms with E-state index in [0.717, 1.165) is 13.1 Å². The molecular formula is C17H22N2. The smallest absolute Gasteiger partial charge is 0.0343 e. The van der Waals surface area contributed by atoms with Crippen molar-refractivity contribution in [1.29, 1.82) is 0 Å². The molecule has 2 rings (SSSR count). The number of hydrogen-bond acceptors (Lipinski definition) is 2. The molecule has 0 fully saturated rings. The fraction of sp³-hybridized carbons (Fsp3) is 0.294. The zero-order chi connectivity index (χ0) is 13.5. The molecule has 0 aliphatic rings. The molecule has 0 saturated carbocycles. The largest absolute Gasteiger partial charge is 0.384 e. The van der Waals surface area contributed by atoms with Crippen LogP contribution in [0.1, 0.15) is 24.1 Å². The maximum Gasteiger partial charge on any atom is 0.0343 e. The highest BCUT2D eigenvalue weighted by molar-refractivity contribution is 5.45. The van der Waals surface area contributed by atoms with Crippen molar-refractivity contribution in [3.05, 3.63) is 65.7 Å². The Hall–Kier alpha value is -1.80. The SMILES string of the molecule is Cc1cccc(NCCNC(C)c2ccccc2)c1. The maximum absolute atomic E-state index is 3.52. The Kier molecular flexibility index (Phi) is 4.99. The van der Waals surface area contributed by atoms with Crippen molar-refractivity contribution in [3.8, 4) is 0 Å². The monoisotopic (exact) mass is 254 g/mol. The first kappa shape index (κ1) is 13.6. The number of nitrogens with one attached hydrogen (secondary N) is 2. The van der Waals surface area contributed by atoms with Gasteiger partial charge in [-0.15, -0.1) is 0 Å². The molecule has 2 N–H and O–H groups in total. The van der Waals surface area contributed by atoms with Gasteiger partial charge in [-0.1, -0.05) is 42.5 Å². The summed E-state index contributed by atoms with van der Waals surface area (Å²) >= 11 is 0. The second kappa shape index (κ2) is 6.95. The summed E-state index contributed by atoms with van der Waals surface area (Å²) < 4.78 is 0. The van der Waals surface area contributed by atoms with Crippen LogP contribution in [-0.4, -0.2) is 13.1 Å². The van der Waals surface area contributed by atoms with Crippen LogP contribution in [0.2, 0.25) is 0 Å². The molecule has 0 amide bonds. The van der Waals surface area contributed by atoms with Gasteiger partial charge in [0.25, 0.3) is 0 Å². The normalized spacial score (nSPS) is 12.1. The van der Waals surface area contributed by atoms with Gasteiger partial charge < -0.3 is 10.6 Å². The molecule has 0 aromatic heterocycles. The van der Waals surface area contributed by atoms with Gasteiger partial charge in [0.1, 0.15) is 0 Å². The van der Waals surface area contributed by atoms with Crippen molar-refractivity contribution >= 4 is 5.69 Å². The lowest BCUT2D eigenvalue weighted by molar-refractivity contribution is 0.588. The van der Waals surface area contributed by atoms with Crippen LogP contribution in [0.15, 0.2) is 54.6 Å². The Balaban J connectivity index is 1.72. The third-order valence-corrected chi connectivity index (χ3v) is 3.22. The van der Waals surface area contributed by atoms with Crippen LogP contribution in [0.5, 0.6) is 0 Å². The molecule has 2 aromatic carbocycles. The summed E-state index contributed by atoms with van der Waals surface area (Å²) in [5, 5.41) is 6.95. The zero-order valence-corrected chi connectivity index (χ0v) is 11.7. The van der Waals surface area contributed by atoms with Crippen LogP contribution >= 0.6 is 0 Å². The van der Waals surface area contributed by atoms with E-state index >= 15 is 0 Å². The van der Waals surface area contributed by atoms with Gasteiger partial charge in [-0.25, -0.2) is 0 Å². The topological polar surface area (TPSA) is 24.1 Å². The van der Waals surface area contributed by atoms with Crippen LogP contribution in [0.4, 0.5) is 5.69 Å². The third-order valence-electron chi connectivity index (χ3n) is 3.22. The predicted octanol–water partition coefficient (Wildman–Crippen LogP) is 3.76. The quantitative estimate of drug-likeness (QED) is 0.767. The molecule has 2 heteroatoms. The minimum atomic E-state index is 0.389. The van der Waals surface area contributed by atoms with E-state index in [1.54, 1.807) is 0 Å². The van der Waals surface area contributed by atoms with Crippen molar-refractivity contribution in [2.75, 3.05) is 18.4 Å². The molecule has 0 radical (unpaired) electrons. The van der Waals surface area contributed by atoms with Gasteiger partial charge in [0.15, 0.2) is 0 Å². The van der Waals surface area contributed by atoms with Gasteiger partial charge >= 0.3 is 0 Å². The molecule has 100 valence electrons. The van der Waals surface area contributed by atoms with Crippen LogP contribution in [0.25, 0.3) is 0 Å².